The van der Waals surface area contributed by atoms with Crippen LogP contribution in [0.15, 0.2) is 59.5 Å². The highest BCUT2D eigenvalue weighted by molar-refractivity contribution is 7.89. The van der Waals surface area contributed by atoms with Gasteiger partial charge in [-0.15, -0.1) is 0 Å². The highest BCUT2D eigenvalue weighted by atomic mass is 32.2. The van der Waals surface area contributed by atoms with Crippen molar-refractivity contribution in [3.05, 3.63) is 70.3 Å². The lowest BCUT2D eigenvalue weighted by atomic mass is 9.62. The maximum atomic E-state index is 14.1. The number of nitro groups is 1. The van der Waals surface area contributed by atoms with Crippen LogP contribution in [0.25, 0.3) is 0 Å². The summed E-state index contributed by atoms with van der Waals surface area (Å²) in [5.41, 5.74) is 0.367. The molecule has 1 aliphatic heterocycles. The molecule has 10 heteroatoms. The lowest BCUT2D eigenvalue weighted by Gasteiger charge is -2.55. The van der Waals surface area contributed by atoms with Gasteiger partial charge in [0.25, 0.3) is 5.69 Å². The second-order valence-electron chi connectivity index (χ2n) is 12.2. The average Bonchev–Trinajstić information content (AvgIpc) is 2.84. The van der Waals surface area contributed by atoms with E-state index in [1.165, 1.54) is 28.6 Å². The Labute approximate surface area is 227 Å². The molecular formula is C28H40N2O6SSi. The molecule has 0 bridgehead atoms. The summed E-state index contributed by atoms with van der Waals surface area (Å²) in [4.78, 5) is 10.9. The molecule has 0 radical (unpaired) electrons. The van der Waals surface area contributed by atoms with Gasteiger partial charge in [0.2, 0.25) is 10.0 Å². The van der Waals surface area contributed by atoms with Crippen molar-refractivity contribution in [1.29, 1.82) is 0 Å². The number of sulfonamides is 1. The van der Waals surface area contributed by atoms with Gasteiger partial charge in [-0.2, -0.15) is 4.31 Å². The zero-order chi connectivity index (χ0) is 27.8. The molecule has 38 heavy (non-hydrogen) atoms. The van der Waals surface area contributed by atoms with Gasteiger partial charge < -0.3 is 9.16 Å². The first-order valence-electron chi connectivity index (χ1n) is 13.3. The van der Waals surface area contributed by atoms with Crippen LogP contribution in [0.3, 0.4) is 0 Å². The lowest BCUT2D eigenvalue weighted by Crippen LogP contribution is -2.62. The summed E-state index contributed by atoms with van der Waals surface area (Å²) in [7, 11) is -6.34. The predicted octanol–water partition coefficient (Wildman–Crippen LogP) is 6.14. The Morgan fingerprint density at radius 3 is 2.29 bits per heavy atom. The topological polar surface area (TPSA) is 99.0 Å². The van der Waals surface area contributed by atoms with Crippen molar-refractivity contribution in [1.82, 2.24) is 4.31 Å². The van der Waals surface area contributed by atoms with E-state index < -0.39 is 35.0 Å². The molecule has 1 spiro atoms. The van der Waals surface area contributed by atoms with Crippen molar-refractivity contribution in [2.75, 3.05) is 13.2 Å². The highest BCUT2D eigenvalue weighted by Crippen LogP contribution is 2.52. The molecule has 1 saturated carbocycles. The van der Waals surface area contributed by atoms with Crippen LogP contribution < -0.4 is 0 Å². The quantitative estimate of drug-likeness (QED) is 0.208. The second-order valence-corrected chi connectivity index (χ2v) is 18.9. The molecule has 0 amide bonds. The van der Waals surface area contributed by atoms with E-state index in [9.17, 15) is 18.5 Å². The Morgan fingerprint density at radius 1 is 1.08 bits per heavy atom. The van der Waals surface area contributed by atoms with Crippen LogP contribution in [-0.2, 0) is 25.8 Å². The van der Waals surface area contributed by atoms with Crippen molar-refractivity contribution in [3.8, 4) is 0 Å². The molecule has 208 valence electrons. The minimum Gasteiger partial charge on any atom is -0.415 e. The Balaban J connectivity index is 1.68. The van der Waals surface area contributed by atoms with Gasteiger partial charge in [-0.3, -0.25) is 10.1 Å². The van der Waals surface area contributed by atoms with Gasteiger partial charge in [-0.05, 0) is 49.0 Å². The molecule has 4 rings (SSSR count). The summed E-state index contributed by atoms with van der Waals surface area (Å²) >= 11 is 0. The summed E-state index contributed by atoms with van der Waals surface area (Å²) < 4.78 is 42.7. The van der Waals surface area contributed by atoms with Crippen LogP contribution in [-0.4, -0.2) is 51.3 Å². The van der Waals surface area contributed by atoms with E-state index in [0.29, 0.717) is 13.0 Å². The molecule has 2 aromatic carbocycles. The van der Waals surface area contributed by atoms with Crippen LogP contribution in [0.2, 0.25) is 18.1 Å². The van der Waals surface area contributed by atoms with Gasteiger partial charge >= 0.3 is 0 Å². The first-order chi connectivity index (χ1) is 17.8. The minimum atomic E-state index is -4.16. The third-order valence-corrected chi connectivity index (χ3v) is 15.2. The SMILES string of the molecule is CC(C)(C)[Si](C)(C)OC[C@@H]1CC(OCc2ccccc2)C2(CCC2)CN1S(=O)(=O)c1ccccc1[N+](=O)[O-]. The third kappa shape index (κ3) is 5.74. The molecule has 2 atom stereocenters. The van der Waals surface area contributed by atoms with E-state index in [1.807, 2.05) is 30.3 Å². The molecule has 2 fully saturated rings. The fourth-order valence-corrected chi connectivity index (χ4v) is 8.11. The van der Waals surface area contributed by atoms with E-state index in [0.717, 1.165) is 24.8 Å². The number of ether oxygens (including phenoxy) is 1. The first kappa shape index (κ1) is 28.9. The number of piperidine rings is 1. The Morgan fingerprint density at radius 2 is 1.71 bits per heavy atom. The van der Waals surface area contributed by atoms with Crippen LogP contribution in [0.4, 0.5) is 5.69 Å². The molecule has 1 aliphatic carbocycles. The molecule has 2 aliphatic rings. The Hall–Kier alpha value is -2.11. The van der Waals surface area contributed by atoms with E-state index in [2.05, 4.69) is 33.9 Å². The van der Waals surface area contributed by atoms with Gasteiger partial charge in [0.15, 0.2) is 13.2 Å². The Kier molecular flexibility index (Phi) is 8.21. The Bertz CT molecular complexity index is 1240. The van der Waals surface area contributed by atoms with Crippen molar-refractivity contribution < 1.29 is 22.5 Å². The summed E-state index contributed by atoms with van der Waals surface area (Å²) in [5, 5.41) is 11.7. The molecule has 0 N–H and O–H groups in total. The summed E-state index contributed by atoms with van der Waals surface area (Å²) in [6.45, 7) is 11.7. The fourth-order valence-electron chi connectivity index (χ4n) is 5.19. The largest absolute Gasteiger partial charge is 0.415 e. The molecule has 2 aromatic rings. The van der Waals surface area contributed by atoms with Crippen LogP contribution in [0, 0.1) is 15.5 Å². The number of nitrogens with zero attached hydrogens (tertiary/aromatic N) is 2. The minimum absolute atomic E-state index is 0.0397. The highest BCUT2D eigenvalue weighted by Gasteiger charge is 2.55. The molecule has 1 heterocycles. The summed E-state index contributed by atoms with van der Waals surface area (Å²) in [6, 6.07) is 15.1. The third-order valence-electron chi connectivity index (χ3n) is 8.78. The molecular weight excluding hydrogens is 520 g/mol. The predicted molar refractivity (Wildman–Crippen MR) is 150 cm³/mol. The summed E-state index contributed by atoms with van der Waals surface area (Å²) in [5.74, 6) is 0. The monoisotopic (exact) mass is 560 g/mol. The average molecular weight is 561 g/mol. The first-order valence-corrected chi connectivity index (χ1v) is 17.7. The van der Waals surface area contributed by atoms with Gasteiger partial charge in [0, 0.05) is 24.1 Å². The second kappa shape index (κ2) is 10.8. The van der Waals surface area contributed by atoms with Crippen molar-refractivity contribution in [3.63, 3.8) is 0 Å². The van der Waals surface area contributed by atoms with Crippen molar-refractivity contribution in [2.45, 2.75) is 88.2 Å². The normalized spacial score (nSPS) is 22.2. The number of nitro benzene ring substituents is 1. The molecule has 1 saturated heterocycles. The van der Waals surface area contributed by atoms with E-state index in [-0.39, 0.29) is 34.6 Å². The van der Waals surface area contributed by atoms with Crippen LogP contribution >= 0.6 is 0 Å². The smallest absolute Gasteiger partial charge is 0.289 e. The number of hydrogen-bond donors (Lipinski definition) is 0. The van der Waals surface area contributed by atoms with Crippen molar-refractivity contribution >= 4 is 24.0 Å². The van der Waals surface area contributed by atoms with E-state index in [1.54, 1.807) is 0 Å². The number of benzene rings is 2. The maximum Gasteiger partial charge on any atom is 0.289 e. The summed E-state index contributed by atoms with van der Waals surface area (Å²) in [6.07, 6.45) is 3.11. The zero-order valence-electron chi connectivity index (χ0n) is 23.1. The van der Waals surface area contributed by atoms with Gasteiger partial charge in [-0.25, -0.2) is 8.42 Å². The molecule has 8 nitrogen and oxygen atoms in total. The van der Waals surface area contributed by atoms with Gasteiger partial charge in [-0.1, -0.05) is 69.7 Å². The number of hydrogen-bond acceptors (Lipinski definition) is 6. The van der Waals surface area contributed by atoms with Crippen LogP contribution in [0.1, 0.15) is 52.0 Å². The van der Waals surface area contributed by atoms with Gasteiger partial charge in [0.1, 0.15) is 0 Å². The molecule has 1 unspecified atom stereocenters. The van der Waals surface area contributed by atoms with Crippen LogP contribution in [0.5, 0.6) is 0 Å². The maximum absolute atomic E-state index is 14.1. The number of rotatable bonds is 9. The lowest BCUT2D eigenvalue weighted by molar-refractivity contribution is -0.387. The number of para-hydroxylation sites is 1. The zero-order valence-corrected chi connectivity index (χ0v) is 24.9. The van der Waals surface area contributed by atoms with Gasteiger partial charge in [0.05, 0.1) is 24.2 Å². The fraction of sp³-hybridized carbons (Fsp3) is 0.571. The van der Waals surface area contributed by atoms with E-state index in [4.69, 9.17) is 9.16 Å². The van der Waals surface area contributed by atoms with Crippen molar-refractivity contribution in [2.24, 2.45) is 5.41 Å². The standard InChI is InChI=1S/C28H40N2O6SSi/c1-27(2,3)38(4,5)36-20-23-18-26(35-19-22-12-7-6-8-13-22)28(16-11-17-28)21-29(23)37(33,34)25-15-10-9-14-24(25)30(31)32/h6-10,12-15,23,26H,11,16-21H2,1-5H3/t23-,26?/m0/s1. The van der Waals surface area contributed by atoms with E-state index >= 15 is 0 Å². The molecule has 0 aromatic heterocycles.